The quantitative estimate of drug-likeness (QED) is 0.735. The van der Waals surface area contributed by atoms with Gasteiger partial charge < -0.3 is 0 Å². The van der Waals surface area contributed by atoms with Gasteiger partial charge in [-0.2, -0.15) is 0 Å². The fraction of sp³-hybridized carbons (Fsp3) is 0.250. The van der Waals surface area contributed by atoms with E-state index in [0.717, 1.165) is 43.1 Å². The number of fused-ring (bicyclic) bond motifs is 1. The highest BCUT2D eigenvalue weighted by Crippen LogP contribution is 2.20. The molecule has 1 aliphatic heterocycles. The van der Waals surface area contributed by atoms with Crippen molar-refractivity contribution in [1.82, 2.24) is 19.9 Å². The molecular formula is C20H19FN4. The van der Waals surface area contributed by atoms with Crippen molar-refractivity contribution in [2.24, 2.45) is 0 Å². The average Bonchev–Trinajstić information content (AvgIpc) is 2.63. The number of nitrogens with zero attached hydrogens (tertiary/aromatic N) is 4. The van der Waals surface area contributed by atoms with Gasteiger partial charge in [0.25, 0.3) is 0 Å². The smallest absolute Gasteiger partial charge is 0.125 e. The van der Waals surface area contributed by atoms with Gasteiger partial charge in [0.05, 0.1) is 5.69 Å². The largest absolute Gasteiger partial charge is 0.294 e. The summed E-state index contributed by atoms with van der Waals surface area (Å²) < 4.78 is 13.0. The number of pyridine rings is 1. The predicted octanol–water partition coefficient (Wildman–Crippen LogP) is 3.54. The summed E-state index contributed by atoms with van der Waals surface area (Å²) >= 11 is 0. The molecule has 3 heterocycles. The third-order valence-corrected chi connectivity index (χ3v) is 4.50. The summed E-state index contributed by atoms with van der Waals surface area (Å²) in [6, 6.07) is 10.5. The monoisotopic (exact) mass is 334 g/mol. The minimum atomic E-state index is -0.232. The number of aromatic nitrogens is 3. The summed E-state index contributed by atoms with van der Waals surface area (Å²) in [5, 5.41) is 0. The molecule has 0 amide bonds. The van der Waals surface area contributed by atoms with Crippen molar-refractivity contribution >= 4 is 0 Å². The number of benzene rings is 1. The molecule has 4 nitrogen and oxygen atoms in total. The Hall–Kier alpha value is -2.66. The van der Waals surface area contributed by atoms with Gasteiger partial charge in [-0.15, -0.1) is 0 Å². The SMILES string of the molecule is Cc1ncc2c(n1)CCN(Cc1ccc(-c3ccc(F)cc3)nc1)C2. The van der Waals surface area contributed by atoms with Gasteiger partial charge in [-0.05, 0) is 42.8 Å². The van der Waals surface area contributed by atoms with E-state index in [2.05, 4.69) is 25.9 Å². The van der Waals surface area contributed by atoms with Crippen LogP contribution in [0, 0.1) is 12.7 Å². The topological polar surface area (TPSA) is 41.9 Å². The molecule has 4 rings (SSSR count). The molecule has 1 aliphatic rings. The number of hydrogen-bond acceptors (Lipinski definition) is 4. The van der Waals surface area contributed by atoms with Crippen molar-refractivity contribution in [3.63, 3.8) is 0 Å². The fourth-order valence-electron chi connectivity index (χ4n) is 3.18. The molecule has 0 bridgehead atoms. The first kappa shape index (κ1) is 15.8. The minimum Gasteiger partial charge on any atom is -0.294 e. The third kappa shape index (κ3) is 3.56. The molecule has 0 atom stereocenters. The van der Waals surface area contributed by atoms with Crippen molar-refractivity contribution in [3.05, 3.63) is 77.3 Å². The lowest BCUT2D eigenvalue weighted by atomic mass is 10.1. The van der Waals surface area contributed by atoms with E-state index in [-0.39, 0.29) is 5.82 Å². The van der Waals surface area contributed by atoms with Crippen LogP contribution < -0.4 is 0 Å². The second kappa shape index (κ2) is 6.69. The van der Waals surface area contributed by atoms with Crippen LogP contribution in [0.1, 0.15) is 22.6 Å². The Kier molecular flexibility index (Phi) is 4.24. The number of hydrogen-bond donors (Lipinski definition) is 0. The molecule has 1 aromatic carbocycles. The Morgan fingerprint density at radius 1 is 1.04 bits per heavy atom. The number of aryl methyl sites for hydroxylation is 1. The van der Waals surface area contributed by atoms with Gasteiger partial charge in [0.2, 0.25) is 0 Å². The predicted molar refractivity (Wildman–Crippen MR) is 94.2 cm³/mol. The van der Waals surface area contributed by atoms with Crippen LogP contribution in [0.5, 0.6) is 0 Å². The summed E-state index contributed by atoms with van der Waals surface area (Å²) in [7, 11) is 0. The summed E-state index contributed by atoms with van der Waals surface area (Å²) in [4.78, 5) is 15.7. The Bertz CT molecular complexity index is 875. The highest BCUT2D eigenvalue weighted by atomic mass is 19.1. The van der Waals surface area contributed by atoms with Crippen molar-refractivity contribution in [2.75, 3.05) is 6.54 Å². The van der Waals surface area contributed by atoms with Gasteiger partial charge in [0.1, 0.15) is 11.6 Å². The molecule has 0 spiro atoms. The van der Waals surface area contributed by atoms with Gasteiger partial charge in [0.15, 0.2) is 0 Å². The molecule has 0 aliphatic carbocycles. The molecule has 5 heteroatoms. The molecule has 0 radical (unpaired) electrons. The van der Waals surface area contributed by atoms with Crippen LogP contribution in [0.25, 0.3) is 11.3 Å². The van der Waals surface area contributed by atoms with E-state index < -0.39 is 0 Å². The van der Waals surface area contributed by atoms with Crippen LogP contribution in [0.2, 0.25) is 0 Å². The summed E-state index contributed by atoms with van der Waals surface area (Å²) in [6.07, 6.45) is 4.80. The van der Waals surface area contributed by atoms with E-state index >= 15 is 0 Å². The van der Waals surface area contributed by atoms with E-state index in [1.165, 1.54) is 29.0 Å². The third-order valence-electron chi connectivity index (χ3n) is 4.50. The van der Waals surface area contributed by atoms with Gasteiger partial charge in [-0.25, -0.2) is 14.4 Å². The molecule has 25 heavy (non-hydrogen) atoms. The first-order chi connectivity index (χ1) is 12.2. The summed E-state index contributed by atoms with van der Waals surface area (Å²) in [5.41, 5.74) is 5.34. The maximum absolute atomic E-state index is 13.0. The number of rotatable bonds is 3. The second-order valence-corrected chi connectivity index (χ2v) is 6.41. The Labute approximate surface area is 146 Å². The molecule has 2 aromatic heterocycles. The van der Waals surface area contributed by atoms with E-state index in [4.69, 9.17) is 0 Å². The highest BCUT2D eigenvalue weighted by molar-refractivity contribution is 5.58. The summed E-state index contributed by atoms with van der Waals surface area (Å²) in [6.45, 7) is 4.64. The van der Waals surface area contributed by atoms with Crippen molar-refractivity contribution < 1.29 is 4.39 Å². The standard InChI is InChI=1S/C20H19FN4/c1-14-22-11-17-13-25(9-8-20(17)24-14)12-15-2-7-19(23-10-15)16-3-5-18(21)6-4-16/h2-7,10-11H,8-9,12-13H2,1H3. The first-order valence-corrected chi connectivity index (χ1v) is 8.42. The van der Waals surface area contributed by atoms with Crippen LogP contribution in [0.15, 0.2) is 48.8 Å². The van der Waals surface area contributed by atoms with Crippen LogP contribution in [-0.2, 0) is 19.5 Å². The van der Waals surface area contributed by atoms with E-state index in [1.807, 2.05) is 25.4 Å². The van der Waals surface area contributed by atoms with Crippen LogP contribution in [0.3, 0.4) is 0 Å². The lowest BCUT2D eigenvalue weighted by molar-refractivity contribution is 0.242. The molecule has 0 saturated heterocycles. The number of halogens is 1. The fourth-order valence-corrected chi connectivity index (χ4v) is 3.18. The highest BCUT2D eigenvalue weighted by Gasteiger charge is 2.18. The lowest BCUT2D eigenvalue weighted by Gasteiger charge is -2.27. The van der Waals surface area contributed by atoms with Crippen molar-refractivity contribution in [2.45, 2.75) is 26.4 Å². The van der Waals surface area contributed by atoms with Gasteiger partial charge in [0, 0.05) is 55.3 Å². The molecule has 0 unspecified atom stereocenters. The van der Waals surface area contributed by atoms with E-state index in [9.17, 15) is 4.39 Å². The molecule has 0 fully saturated rings. The zero-order chi connectivity index (χ0) is 17.2. The van der Waals surface area contributed by atoms with Crippen LogP contribution in [-0.4, -0.2) is 26.4 Å². The molecule has 126 valence electrons. The van der Waals surface area contributed by atoms with Crippen molar-refractivity contribution in [1.29, 1.82) is 0 Å². The van der Waals surface area contributed by atoms with Crippen molar-refractivity contribution in [3.8, 4) is 11.3 Å². The lowest BCUT2D eigenvalue weighted by Crippen LogP contribution is -2.31. The Morgan fingerprint density at radius 3 is 2.64 bits per heavy atom. The van der Waals surface area contributed by atoms with Crippen LogP contribution >= 0.6 is 0 Å². The van der Waals surface area contributed by atoms with Crippen LogP contribution in [0.4, 0.5) is 4.39 Å². The minimum absolute atomic E-state index is 0.232. The normalized spacial score (nSPS) is 14.3. The van der Waals surface area contributed by atoms with E-state index in [0.29, 0.717) is 0 Å². The Balaban J connectivity index is 1.45. The maximum atomic E-state index is 13.0. The van der Waals surface area contributed by atoms with Gasteiger partial charge >= 0.3 is 0 Å². The Morgan fingerprint density at radius 2 is 1.88 bits per heavy atom. The van der Waals surface area contributed by atoms with E-state index in [1.54, 1.807) is 12.1 Å². The zero-order valence-corrected chi connectivity index (χ0v) is 14.1. The van der Waals surface area contributed by atoms with Gasteiger partial charge in [-0.3, -0.25) is 9.88 Å². The molecule has 3 aromatic rings. The molecule has 0 saturated carbocycles. The molecular weight excluding hydrogens is 315 g/mol. The average molecular weight is 334 g/mol. The maximum Gasteiger partial charge on any atom is 0.125 e. The van der Waals surface area contributed by atoms with Gasteiger partial charge in [-0.1, -0.05) is 6.07 Å². The second-order valence-electron chi connectivity index (χ2n) is 6.41. The summed E-state index contributed by atoms with van der Waals surface area (Å²) in [5.74, 6) is 0.609. The molecule has 0 N–H and O–H groups in total. The first-order valence-electron chi connectivity index (χ1n) is 8.42. The zero-order valence-electron chi connectivity index (χ0n) is 14.1.